The van der Waals surface area contributed by atoms with Gasteiger partial charge in [0.15, 0.2) is 0 Å². The van der Waals surface area contributed by atoms with Crippen LogP contribution in [-0.2, 0) is 0 Å². The molecule has 0 aliphatic carbocycles. The molecule has 19 heavy (non-hydrogen) atoms. The summed E-state index contributed by atoms with van der Waals surface area (Å²) in [6, 6.07) is -12.7. The molecule has 0 spiro atoms. The van der Waals surface area contributed by atoms with E-state index in [0.717, 1.165) is 0 Å². The summed E-state index contributed by atoms with van der Waals surface area (Å²) in [7, 11) is 0. The van der Waals surface area contributed by atoms with Gasteiger partial charge >= 0.3 is 24.7 Å². The standard InChI is InChI=1S/C5Cl2F10N2/c6-3(7)18(4(12,13)14)1(8,9)2(10,11)19(3)5(15,16)17. The Morgan fingerprint density at radius 1 is 0.632 bits per heavy atom. The fourth-order valence-electron chi connectivity index (χ4n) is 1.33. The minimum Gasteiger partial charge on any atom is -0.179 e. The number of hydrogen-bond acceptors (Lipinski definition) is 2. The molecule has 0 N–H and O–H groups in total. The van der Waals surface area contributed by atoms with Crippen LogP contribution in [0.5, 0.6) is 0 Å². The monoisotopic (exact) mass is 348 g/mol. The molecule has 0 atom stereocenters. The summed E-state index contributed by atoms with van der Waals surface area (Å²) in [5.74, 6) is 0. The molecule has 1 heterocycles. The van der Waals surface area contributed by atoms with E-state index in [1.807, 2.05) is 0 Å². The van der Waals surface area contributed by atoms with Crippen LogP contribution >= 0.6 is 23.2 Å². The van der Waals surface area contributed by atoms with Crippen LogP contribution in [0.3, 0.4) is 0 Å². The molecule has 0 aromatic carbocycles. The summed E-state index contributed by atoms with van der Waals surface area (Å²) < 4.78 is 120. The molecule has 0 aromatic heterocycles. The lowest BCUT2D eigenvalue weighted by atomic mass is 10.4. The molecule has 1 rings (SSSR count). The summed E-state index contributed by atoms with van der Waals surface area (Å²) in [6.07, 6.45) is -12.7. The Morgan fingerprint density at radius 3 is 0.947 bits per heavy atom. The van der Waals surface area contributed by atoms with Crippen molar-refractivity contribution in [2.75, 3.05) is 0 Å². The van der Waals surface area contributed by atoms with Crippen molar-refractivity contribution in [2.24, 2.45) is 0 Å². The topological polar surface area (TPSA) is 6.48 Å². The van der Waals surface area contributed by atoms with Crippen molar-refractivity contribution in [3.8, 4) is 0 Å². The van der Waals surface area contributed by atoms with E-state index in [2.05, 4.69) is 23.2 Å². The van der Waals surface area contributed by atoms with Crippen LogP contribution in [-0.4, -0.2) is 39.1 Å². The van der Waals surface area contributed by atoms with Gasteiger partial charge in [-0.1, -0.05) is 33.0 Å². The van der Waals surface area contributed by atoms with Gasteiger partial charge in [-0.15, -0.1) is 0 Å². The molecular formula is C5Cl2F10N2. The first-order valence-electron chi connectivity index (χ1n) is 3.86. The lowest BCUT2D eigenvalue weighted by molar-refractivity contribution is -0.378. The average molecular weight is 349 g/mol. The third kappa shape index (κ3) is 2.21. The number of hydrogen-bond donors (Lipinski definition) is 0. The third-order valence-electron chi connectivity index (χ3n) is 1.97. The molecule has 0 bridgehead atoms. The molecule has 1 aliphatic rings. The summed E-state index contributed by atoms with van der Waals surface area (Å²) >= 11 is 8.91. The maximum atomic E-state index is 12.9. The van der Waals surface area contributed by atoms with Gasteiger partial charge in [0.05, 0.1) is 0 Å². The Labute approximate surface area is 107 Å². The van der Waals surface area contributed by atoms with E-state index in [-0.39, 0.29) is 0 Å². The van der Waals surface area contributed by atoms with Crippen LogP contribution in [0.25, 0.3) is 0 Å². The second kappa shape index (κ2) is 3.92. The zero-order valence-corrected chi connectivity index (χ0v) is 9.44. The van der Waals surface area contributed by atoms with Crippen molar-refractivity contribution in [3.05, 3.63) is 0 Å². The van der Waals surface area contributed by atoms with Crippen molar-refractivity contribution in [2.45, 2.75) is 29.3 Å². The minimum atomic E-state index is -6.35. The van der Waals surface area contributed by atoms with Gasteiger partial charge in [0.2, 0.25) is 0 Å². The fourth-order valence-corrected chi connectivity index (χ4v) is 2.14. The highest BCUT2D eigenvalue weighted by Gasteiger charge is 2.88. The molecule has 1 fully saturated rings. The van der Waals surface area contributed by atoms with Crippen LogP contribution in [0.15, 0.2) is 0 Å². The maximum absolute atomic E-state index is 12.9. The predicted octanol–water partition coefficient (Wildman–Crippen LogP) is 3.92. The normalized spacial score (nSPS) is 27.8. The van der Waals surface area contributed by atoms with Gasteiger partial charge in [0.25, 0.3) is 4.58 Å². The molecule has 1 aliphatic heterocycles. The zero-order valence-electron chi connectivity index (χ0n) is 7.93. The first-order valence-corrected chi connectivity index (χ1v) is 4.62. The highest BCUT2D eigenvalue weighted by Crippen LogP contribution is 2.62. The van der Waals surface area contributed by atoms with E-state index in [1.165, 1.54) is 0 Å². The van der Waals surface area contributed by atoms with Crippen LogP contribution in [0, 0.1) is 0 Å². The van der Waals surface area contributed by atoms with Crippen molar-refractivity contribution in [1.29, 1.82) is 0 Å². The Morgan fingerprint density at radius 2 is 0.842 bits per heavy atom. The SMILES string of the molecule is FC(F)(F)N1C(Cl)(Cl)N(C(F)(F)F)C(F)(F)C1(F)F. The number of halogens is 12. The van der Waals surface area contributed by atoms with Crippen molar-refractivity contribution in [1.82, 2.24) is 9.80 Å². The quantitative estimate of drug-likeness (QED) is 0.372. The van der Waals surface area contributed by atoms with E-state index in [4.69, 9.17) is 0 Å². The van der Waals surface area contributed by atoms with Gasteiger partial charge in [-0.25, -0.2) is 0 Å². The molecule has 0 amide bonds. The molecule has 1 saturated heterocycles. The van der Waals surface area contributed by atoms with Gasteiger partial charge in [0.1, 0.15) is 0 Å². The highest BCUT2D eigenvalue weighted by atomic mass is 35.5. The molecule has 2 nitrogen and oxygen atoms in total. The van der Waals surface area contributed by atoms with Crippen molar-refractivity contribution in [3.63, 3.8) is 0 Å². The minimum absolute atomic E-state index is 2.58. The zero-order chi connectivity index (χ0) is 15.7. The average Bonchev–Trinajstić information content (AvgIpc) is 2.02. The molecule has 0 saturated carbocycles. The van der Waals surface area contributed by atoms with Gasteiger partial charge in [-0.3, -0.25) is 0 Å². The highest BCUT2D eigenvalue weighted by molar-refractivity contribution is 6.47. The van der Waals surface area contributed by atoms with E-state index >= 15 is 0 Å². The van der Waals surface area contributed by atoms with Crippen molar-refractivity contribution >= 4 is 23.2 Å². The van der Waals surface area contributed by atoms with Gasteiger partial charge < -0.3 is 0 Å². The van der Waals surface area contributed by atoms with Crippen molar-refractivity contribution < 1.29 is 43.9 Å². The molecule has 0 aromatic rings. The Bertz CT molecular complexity index is 339. The Hall–Kier alpha value is -0.200. The first kappa shape index (κ1) is 16.9. The van der Waals surface area contributed by atoms with E-state index in [9.17, 15) is 43.9 Å². The largest absolute Gasteiger partial charge is 0.468 e. The summed E-state index contributed by atoms with van der Waals surface area (Å²) in [4.78, 5) is -5.16. The summed E-state index contributed by atoms with van der Waals surface area (Å²) in [5, 5.41) is 0. The maximum Gasteiger partial charge on any atom is 0.468 e. The van der Waals surface area contributed by atoms with Gasteiger partial charge in [0, 0.05) is 0 Å². The third-order valence-corrected chi connectivity index (χ3v) is 2.64. The second-order valence-corrected chi connectivity index (χ2v) is 4.45. The summed E-state index contributed by atoms with van der Waals surface area (Å²) in [5.41, 5.74) is 0. The molecule has 0 unspecified atom stereocenters. The number of nitrogens with zero attached hydrogens (tertiary/aromatic N) is 2. The summed E-state index contributed by atoms with van der Waals surface area (Å²) in [6.45, 7) is 0. The number of rotatable bonds is 0. The van der Waals surface area contributed by atoms with E-state index < -0.39 is 39.1 Å². The number of alkyl halides is 12. The van der Waals surface area contributed by atoms with Gasteiger partial charge in [-0.05, 0) is 0 Å². The second-order valence-electron chi connectivity index (χ2n) is 3.20. The molecule has 114 valence electrons. The Kier molecular flexibility index (Phi) is 3.48. The first-order chi connectivity index (χ1) is 7.98. The van der Waals surface area contributed by atoms with E-state index in [1.54, 1.807) is 0 Å². The van der Waals surface area contributed by atoms with Crippen LogP contribution in [0.2, 0.25) is 0 Å². The predicted molar refractivity (Wildman–Crippen MR) is 40.1 cm³/mol. The van der Waals surface area contributed by atoms with Crippen LogP contribution in [0.1, 0.15) is 0 Å². The van der Waals surface area contributed by atoms with Crippen LogP contribution < -0.4 is 0 Å². The van der Waals surface area contributed by atoms with Crippen LogP contribution in [0.4, 0.5) is 43.9 Å². The Balaban J connectivity index is 3.56. The molecule has 0 radical (unpaired) electrons. The molecule has 14 heteroatoms. The lowest BCUT2D eigenvalue weighted by Gasteiger charge is -2.33. The molecular weight excluding hydrogens is 349 g/mol. The smallest absolute Gasteiger partial charge is 0.179 e. The van der Waals surface area contributed by atoms with Gasteiger partial charge in [-0.2, -0.15) is 43.9 Å². The van der Waals surface area contributed by atoms with E-state index in [0.29, 0.717) is 0 Å². The fraction of sp³-hybridized carbons (Fsp3) is 1.00. The lowest BCUT2D eigenvalue weighted by Crippen LogP contribution is -2.57.